The number of fused-ring (bicyclic) bond motifs is 1. The summed E-state index contributed by atoms with van der Waals surface area (Å²) in [6.45, 7) is 5.02. The van der Waals surface area contributed by atoms with Crippen molar-refractivity contribution < 1.29 is 0 Å². The molecular formula is C15H21N3OS. The van der Waals surface area contributed by atoms with Crippen molar-refractivity contribution >= 4 is 16.3 Å². The monoisotopic (exact) mass is 291 g/mol. The molecule has 20 heavy (non-hydrogen) atoms. The van der Waals surface area contributed by atoms with Gasteiger partial charge < -0.3 is 0 Å². The maximum atomic E-state index is 12.2. The molecule has 1 saturated heterocycles. The molecule has 2 aromatic rings. The highest BCUT2D eigenvalue weighted by atomic mass is 32.1. The van der Waals surface area contributed by atoms with E-state index in [-0.39, 0.29) is 5.56 Å². The first kappa shape index (κ1) is 13.8. The number of aryl methyl sites for hydroxylation is 1. The number of thiazole rings is 1. The molecule has 2 aromatic heterocycles. The predicted octanol–water partition coefficient (Wildman–Crippen LogP) is 2.83. The first-order valence-corrected chi connectivity index (χ1v) is 8.31. The molecule has 0 radical (unpaired) electrons. The van der Waals surface area contributed by atoms with E-state index in [4.69, 9.17) is 0 Å². The number of hydrogen-bond donors (Lipinski definition) is 0. The highest BCUT2D eigenvalue weighted by Gasteiger charge is 2.12. The van der Waals surface area contributed by atoms with E-state index in [1.165, 1.54) is 32.1 Å². The molecule has 3 rings (SSSR count). The molecule has 5 heteroatoms. The minimum absolute atomic E-state index is 0.0517. The Labute approximate surface area is 123 Å². The standard InChI is InChI=1S/C15H21N3OS/c1-12-11-20-15-16-13(9-14(19)18(12)15)10-17-7-5-3-2-4-6-8-17/h9,11H,2-8,10H2,1H3. The van der Waals surface area contributed by atoms with Crippen molar-refractivity contribution in [3.63, 3.8) is 0 Å². The van der Waals surface area contributed by atoms with Crippen LogP contribution in [0.15, 0.2) is 16.2 Å². The summed E-state index contributed by atoms with van der Waals surface area (Å²) in [5.41, 5.74) is 1.94. The topological polar surface area (TPSA) is 37.6 Å². The predicted molar refractivity (Wildman–Crippen MR) is 82.4 cm³/mol. The van der Waals surface area contributed by atoms with E-state index in [1.807, 2.05) is 12.3 Å². The van der Waals surface area contributed by atoms with Crippen LogP contribution >= 0.6 is 11.3 Å². The van der Waals surface area contributed by atoms with Crippen LogP contribution in [-0.2, 0) is 6.54 Å². The summed E-state index contributed by atoms with van der Waals surface area (Å²) in [6.07, 6.45) is 6.55. The van der Waals surface area contributed by atoms with Crippen LogP contribution in [0.2, 0.25) is 0 Å². The third-order valence-electron chi connectivity index (χ3n) is 3.96. The van der Waals surface area contributed by atoms with E-state index in [0.29, 0.717) is 0 Å². The Morgan fingerprint density at radius 3 is 2.65 bits per heavy atom. The van der Waals surface area contributed by atoms with Crippen LogP contribution in [0.5, 0.6) is 0 Å². The summed E-state index contributed by atoms with van der Waals surface area (Å²) in [4.78, 5) is 20.1. The normalized spacial score (nSPS) is 18.1. The number of likely N-dealkylation sites (tertiary alicyclic amines) is 1. The highest BCUT2D eigenvalue weighted by Crippen LogP contribution is 2.15. The summed E-state index contributed by atoms with van der Waals surface area (Å²) < 4.78 is 1.70. The maximum Gasteiger partial charge on any atom is 0.259 e. The average Bonchev–Trinajstić information content (AvgIpc) is 2.75. The van der Waals surface area contributed by atoms with Crippen LogP contribution in [-0.4, -0.2) is 27.4 Å². The molecule has 0 amide bonds. The van der Waals surface area contributed by atoms with Gasteiger partial charge in [0.25, 0.3) is 5.56 Å². The Morgan fingerprint density at radius 2 is 1.90 bits per heavy atom. The molecule has 0 spiro atoms. The third-order valence-corrected chi connectivity index (χ3v) is 4.91. The van der Waals surface area contributed by atoms with E-state index in [9.17, 15) is 4.79 Å². The van der Waals surface area contributed by atoms with Crippen LogP contribution in [0, 0.1) is 6.92 Å². The summed E-state index contributed by atoms with van der Waals surface area (Å²) in [5, 5.41) is 1.99. The van der Waals surface area contributed by atoms with Gasteiger partial charge in [0.1, 0.15) is 0 Å². The molecule has 0 N–H and O–H groups in total. The van der Waals surface area contributed by atoms with Crippen LogP contribution in [0.3, 0.4) is 0 Å². The SMILES string of the molecule is Cc1csc2nc(CN3CCCCCCC3)cc(=O)n12. The molecule has 0 bridgehead atoms. The molecule has 0 aliphatic carbocycles. The molecular weight excluding hydrogens is 270 g/mol. The number of hydrogen-bond acceptors (Lipinski definition) is 4. The highest BCUT2D eigenvalue weighted by molar-refractivity contribution is 7.15. The fraction of sp³-hybridized carbons (Fsp3) is 0.600. The Hall–Kier alpha value is -1.20. The van der Waals surface area contributed by atoms with Crippen LogP contribution in [0.4, 0.5) is 0 Å². The number of rotatable bonds is 2. The minimum atomic E-state index is 0.0517. The summed E-state index contributed by atoms with van der Waals surface area (Å²) in [5.74, 6) is 0. The Morgan fingerprint density at radius 1 is 1.20 bits per heavy atom. The van der Waals surface area contributed by atoms with Gasteiger partial charge in [-0.15, -0.1) is 11.3 Å². The van der Waals surface area contributed by atoms with E-state index < -0.39 is 0 Å². The lowest BCUT2D eigenvalue weighted by Gasteiger charge is -2.23. The quantitative estimate of drug-likeness (QED) is 0.854. The molecule has 0 atom stereocenters. The summed E-state index contributed by atoms with van der Waals surface area (Å²) in [6, 6.07) is 1.70. The molecule has 0 aromatic carbocycles. The molecule has 3 heterocycles. The van der Waals surface area contributed by atoms with Gasteiger partial charge in [0.2, 0.25) is 0 Å². The van der Waals surface area contributed by atoms with E-state index >= 15 is 0 Å². The van der Waals surface area contributed by atoms with E-state index in [1.54, 1.807) is 21.8 Å². The third kappa shape index (κ3) is 2.94. The van der Waals surface area contributed by atoms with Gasteiger partial charge in [-0.25, -0.2) is 4.98 Å². The fourth-order valence-corrected chi connectivity index (χ4v) is 3.77. The van der Waals surface area contributed by atoms with Crippen molar-refractivity contribution in [1.29, 1.82) is 0 Å². The maximum absolute atomic E-state index is 12.2. The van der Waals surface area contributed by atoms with Crippen LogP contribution in [0.1, 0.15) is 43.5 Å². The van der Waals surface area contributed by atoms with Crippen molar-refractivity contribution in [2.24, 2.45) is 0 Å². The van der Waals surface area contributed by atoms with Gasteiger partial charge in [-0.2, -0.15) is 0 Å². The first-order chi connectivity index (χ1) is 9.74. The van der Waals surface area contributed by atoms with Crippen molar-refractivity contribution in [2.45, 2.75) is 45.6 Å². The smallest absolute Gasteiger partial charge is 0.259 e. The zero-order chi connectivity index (χ0) is 13.9. The van der Waals surface area contributed by atoms with E-state index in [0.717, 1.165) is 36.0 Å². The molecule has 0 saturated carbocycles. The van der Waals surface area contributed by atoms with E-state index in [2.05, 4.69) is 9.88 Å². The van der Waals surface area contributed by atoms with Gasteiger partial charge in [-0.05, 0) is 32.9 Å². The first-order valence-electron chi connectivity index (χ1n) is 7.43. The van der Waals surface area contributed by atoms with Gasteiger partial charge in [0.15, 0.2) is 4.96 Å². The van der Waals surface area contributed by atoms with Gasteiger partial charge in [-0.1, -0.05) is 19.3 Å². The molecule has 1 aliphatic rings. The van der Waals surface area contributed by atoms with Gasteiger partial charge in [0, 0.05) is 23.7 Å². The molecule has 1 aliphatic heterocycles. The van der Waals surface area contributed by atoms with Crippen molar-refractivity contribution in [3.05, 3.63) is 33.2 Å². The van der Waals surface area contributed by atoms with Gasteiger partial charge in [-0.3, -0.25) is 14.1 Å². The Bertz CT molecular complexity index is 638. The van der Waals surface area contributed by atoms with Crippen molar-refractivity contribution in [1.82, 2.24) is 14.3 Å². The lowest BCUT2D eigenvalue weighted by Crippen LogP contribution is -2.28. The molecule has 108 valence electrons. The number of aromatic nitrogens is 2. The van der Waals surface area contributed by atoms with Gasteiger partial charge >= 0.3 is 0 Å². The second-order valence-electron chi connectivity index (χ2n) is 5.62. The number of nitrogens with zero attached hydrogens (tertiary/aromatic N) is 3. The Balaban J connectivity index is 1.81. The lowest BCUT2D eigenvalue weighted by atomic mass is 10.1. The second-order valence-corrected chi connectivity index (χ2v) is 6.46. The van der Waals surface area contributed by atoms with Crippen LogP contribution in [0.25, 0.3) is 4.96 Å². The fourth-order valence-electron chi connectivity index (χ4n) is 2.88. The molecule has 0 unspecified atom stereocenters. The van der Waals surface area contributed by atoms with Gasteiger partial charge in [0.05, 0.1) is 5.69 Å². The van der Waals surface area contributed by atoms with Crippen molar-refractivity contribution in [3.8, 4) is 0 Å². The second kappa shape index (κ2) is 6.06. The van der Waals surface area contributed by atoms with Crippen LogP contribution < -0.4 is 5.56 Å². The lowest BCUT2D eigenvalue weighted by molar-refractivity contribution is 0.237. The van der Waals surface area contributed by atoms with Crippen molar-refractivity contribution in [2.75, 3.05) is 13.1 Å². The average molecular weight is 291 g/mol. The molecule has 1 fully saturated rings. The summed E-state index contributed by atoms with van der Waals surface area (Å²) >= 11 is 1.55. The largest absolute Gasteiger partial charge is 0.298 e. The zero-order valence-corrected chi connectivity index (χ0v) is 12.8. The minimum Gasteiger partial charge on any atom is -0.298 e. The zero-order valence-electron chi connectivity index (χ0n) is 12.0. The Kier molecular flexibility index (Phi) is 4.17. The molecule has 4 nitrogen and oxygen atoms in total. The summed E-state index contributed by atoms with van der Waals surface area (Å²) in [7, 11) is 0.